The van der Waals surface area contributed by atoms with E-state index in [2.05, 4.69) is 0 Å². The molecule has 0 bridgehead atoms. The Kier molecular flexibility index (Phi) is 40.9. The van der Waals surface area contributed by atoms with Crippen LogP contribution in [0.4, 0.5) is 0 Å². The predicted octanol–water partition coefficient (Wildman–Crippen LogP) is -4.74. The Morgan fingerprint density at radius 1 is 0.571 bits per heavy atom. The molecule has 0 unspecified atom stereocenters. The van der Waals surface area contributed by atoms with Crippen LogP contribution in [-0.2, 0) is 9.59 Å². The van der Waals surface area contributed by atoms with Crippen molar-refractivity contribution >= 4 is 11.9 Å². The molecule has 0 aromatic carbocycles. The van der Waals surface area contributed by atoms with Crippen LogP contribution < -0.4 is 69.3 Å². The van der Waals surface area contributed by atoms with Crippen LogP contribution >= 0.6 is 0 Å². The summed E-state index contributed by atoms with van der Waals surface area (Å²) in [7, 11) is 0. The van der Waals surface area contributed by atoms with E-state index in [9.17, 15) is 19.8 Å². The van der Waals surface area contributed by atoms with Crippen LogP contribution in [0, 0.1) is 0 Å². The largest absolute Gasteiger partial charge is 1.00 e. The molecule has 0 aliphatic carbocycles. The number of aliphatic carboxylic acids is 2. The van der Waals surface area contributed by atoms with E-state index in [1.165, 1.54) is 0 Å². The molecule has 0 aromatic rings. The SMILES string of the molecule is O=C([O-])C=CCCCCCCCO.O=C([O-])C=CCCCCCCCO.[Na+].[Na+]. The third kappa shape index (κ3) is 40.9. The second-order valence-electron chi connectivity index (χ2n) is 6.00. The summed E-state index contributed by atoms with van der Waals surface area (Å²) in [6, 6.07) is 0. The minimum atomic E-state index is -1.12. The summed E-state index contributed by atoms with van der Waals surface area (Å²) < 4.78 is 0. The summed E-state index contributed by atoms with van der Waals surface area (Å²) in [6.45, 7) is 0.537. The van der Waals surface area contributed by atoms with E-state index in [1.54, 1.807) is 12.2 Å². The summed E-state index contributed by atoms with van der Waals surface area (Å²) in [5.41, 5.74) is 0. The summed E-state index contributed by atoms with van der Waals surface area (Å²) in [4.78, 5) is 19.9. The number of rotatable bonds is 16. The Bertz CT molecular complexity index is 351. The Balaban J connectivity index is -0.000000192. The van der Waals surface area contributed by atoms with E-state index in [0.29, 0.717) is 0 Å². The van der Waals surface area contributed by atoms with Crippen LogP contribution in [-0.4, -0.2) is 35.4 Å². The third-order valence-corrected chi connectivity index (χ3v) is 3.57. The van der Waals surface area contributed by atoms with Crippen molar-refractivity contribution in [3.8, 4) is 0 Å². The Morgan fingerprint density at radius 3 is 1.14 bits per heavy atom. The summed E-state index contributed by atoms with van der Waals surface area (Å²) >= 11 is 0. The van der Waals surface area contributed by atoms with Gasteiger partial charge in [-0.1, -0.05) is 50.7 Å². The number of carbonyl (C=O) groups excluding carboxylic acids is 2. The van der Waals surface area contributed by atoms with Gasteiger partial charge in [-0.2, -0.15) is 0 Å². The van der Waals surface area contributed by atoms with Crippen molar-refractivity contribution < 1.29 is 89.1 Å². The van der Waals surface area contributed by atoms with Gasteiger partial charge in [0.05, 0.1) is 11.9 Å². The van der Waals surface area contributed by atoms with Gasteiger partial charge in [-0.05, 0) is 50.7 Å². The quantitative estimate of drug-likeness (QED) is 0.148. The maximum atomic E-state index is 9.95. The fourth-order valence-corrected chi connectivity index (χ4v) is 2.17. The number of hydrogen-bond acceptors (Lipinski definition) is 6. The van der Waals surface area contributed by atoms with Crippen LogP contribution in [0.5, 0.6) is 0 Å². The first-order valence-electron chi connectivity index (χ1n) is 9.51. The van der Waals surface area contributed by atoms with Gasteiger partial charge in [0.1, 0.15) is 0 Å². The average Bonchev–Trinajstić information content (AvgIpc) is 2.60. The van der Waals surface area contributed by atoms with Crippen molar-refractivity contribution in [1.82, 2.24) is 0 Å². The molecular formula is C20H34Na2O6. The first kappa shape index (κ1) is 35.8. The zero-order valence-corrected chi connectivity index (χ0v) is 21.7. The van der Waals surface area contributed by atoms with E-state index in [4.69, 9.17) is 10.2 Å². The Labute approximate surface area is 214 Å². The van der Waals surface area contributed by atoms with Gasteiger partial charge in [0.25, 0.3) is 0 Å². The molecule has 152 valence electrons. The zero-order chi connectivity index (χ0) is 19.9. The van der Waals surface area contributed by atoms with Crippen molar-refractivity contribution in [2.24, 2.45) is 0 Å². The minimum absolute atomic E-state index is 0. The van der Waals surface area contributed by atoms with E-state index in [1.807, 2.05) is 0 Å². The van der Waals surface area contributed by atoms with Crippen molar-refractivity contribution in [2.45, 2.75) is 77.0 Å². The summed E-state index contributed by atoms with van der Waals surface area (Å²) in [5, 5.41) is 36.9. The molecule has 8 heteroatoms. The summed E-state index contributed by atoms with van der Waals surface area (Å²) in [5.74, 6) is -2.25. The van der Waals surface area contributed by atoms with Crippen molar-refractivity contribution in [2.75, 3.05) is 13.2 Å². The Morgan fingerprint density at radius 2 is 0.857 bits per heavy atom. The molecule has 2 N–H and O–H groups in total. The fourth-order valence-electron chi connectivity index (χ4n) is 2.17. The molecule has 0 saturated carbocycles. The number of carbonyl (C=O) groups is 2. The van der Waals surface area contributed by atoms with E-state index < -0.39 is 11.9 Å². The van der Waals surface area contributed by atoms with Crippen molar-refractivity contribution in [3.05, 3.63) is 24.3 Å². The third-order valence-electron chi connectivity index (χ3n) is 3.57. The monoisotopic (exact) mass is 416 g/mol. The molecule has 0 aliphatic heterocycles. The van der Waals surface area contributed by atoms with Gasteiger partial charge in [0.15, 0.2) is 0 Å². The standard InChI is InChI=1S/2C10H18O3.2Na/c2*11-9-7-5-3-1-2-4-6-8-10(12)13;;/h2*6,8,11H,1-5,7,9H2,(H,12,13);;/q;;2*+1/p-2. The minimum Gasteiger partial charge on any atom is -0.545 e. The van der Waals surface area contributed by atoms with Gasteiger partial charge in [0.2, 0.25) is 0 Å². The van der Waals surface area contributed by atoms with Crippen LogP contribution in [0.15, 0.2) is 24.3 Å². The number of aliphatic hydroxyl groups excluding tert-OH is 2. The average molecular weight is 416 g/mol. The number of unbranched alkanes of at least 4 members (excludes halogenated alkanes) is 10. The number of aliphatic hydroxyl groups is 2. The molecule has 0 spiro atoms. The number of carboxylic acid groups (broad SMARTS) is 2. The molecule has 0 saturated heterocycles. The molecule has 0 aliphatic rings. The first-order valence-corrected chi connectivity index (χ1v) is 9.51. The van der Waals surface area contributed by atoms with Gasteiger partial charge in [0, 0.05) is 13.2 Å². The van der Waals surface area contributed by atoms with E-state index in [0.717, 1.165) is 89.2 Å². The number of hydrogen-bond donors (Lipinski definition) is 2. The van der Waals surface area contributed by atoms with Crippen LogP contribution in [0.2, 0.25) is 0 Å². The van der Waals surface area contributed by atoms with E-state index in [-0.39, 0.29) is 72.3 Å². The van der Waals surface area contributed by atoms with Crippen molar-refractivity contribution in [3.63, 3.8) is 0 Å². The molecular weight excluding hydrogens is 382 g/mol. The predicted molar refractivity (Wildman–Crippen MR) is 97.9 cm³/mol. The molecule has 0 amide bonds. The molecule has 28 heavy (non-hydrogen) atoms. The van der Waals surface area contributed by atoms with Crippen LogP contribution in [0.1, 0.15) is 77.0 Å². The van der Waals surface area contributed by atoms with Gasteiger partial charge >= 0.3 is 59.1 Å². The maximum Gasteiger partial charge on any atom is 1.00 e. The molecule has 0 atom stereocenters. The van der Waals surface area contributed by atoms with Crippen molar-refractivity contribution in [1.29, 1.82) is 0 Å². The van der Waals surface area contributed by atoms with Gasteiger partial charge in [-0.15, -0.1) is 0 Å². The van der Waals surface area contributed by atoms with Gasteiger partial charge in [-0.25, -0.2) is 0 Å². The number of carboxylic acids is 2. The first-order chi connectivity index (χ1) is 12.5. The fraction of sp³-hybridized carbons (Fsp3) is 0.700. The smallest absolute Gasteiger partial charge is 0.545 e. The molecule has 6 nitrogen and oxygen atoms in total. The normalized spacial score (nSPS) is 10.1. The zero-order valence-electron chi connectivity index (χ0n) is 17.7. The Hall–Kier alpha value is 0.340. The van der Waals surface area contributed by atoms with Gasteiger partial charge < -0.3 is 30.0 Å². The molecule has 0 radical (unpaired) electrons. The molecule has 0 heterocycles. The molecule has 0 fully saturated rings. The topological polar surface area (TPSA) is 121 Å². The molecule has 0 aromatic heterocycles. The second-order valence-corrected chi connectivity index (χ2v) is 6.00. The van der Waals surface area contributed by atoms with Crippen LogP contribution in [0.3, 0.4) is 0 Å². The number of allylic oxidation sites excluding steroid dienone is 2. The van der Waals surface area contributed by atoms with Crippen LogP contribution in [0.25, 0.3) is 0 Å². The maximum absolute atomic E-state index is 9.95. The summed E-state index contributed by atoms with van der Waals surface area (Å²) in [6.07, 6.45) is 17.3. The molecule has 0 rings (SSSR count). The van der Waals surface area contributed by atoms with E-state index >= 15 is 0 Å². The second kappa shape index (κ2) is 32.0. The van der Waals surface area contributed by atoms with Gasteiger partial charge in [-0.3, -0.25) is 0 Å².